The highest BCUT2D eigenvalue weighted by molar-refractivity contribution is 9.10. The van der Waals surface area contributed by atoms with Crippen molar-refractivity contribution in [1.29, 1.82) is 0 Å². The van der Waals surface area contributed by atoms with Gasteiger partial charge in [0, 0.05) is 7.05 Å². The normalized spacial score (nSPS) is 14.1. The number of nitrogens with zero attached hydrogens (tertiary/aromatic N) is 3. The number of nitrogens with one attached hydrogen (secondary N) is 1. The molecule has 0 aliphatic carbocycles. The van der Waals surface area contributed by atoms with Gasteiger partial charge in [0.05, 0.1) is 11.7 Å². The Hall–Kier alpha value is -0.420. The molecule has 0 saturated heterocycles. The lowest BCUT2D eigenvalue weighted by atomic mass is 9.87. The van der Waals surface area contributed by atoms with Crippen molar-refractivity contribution in [3.63, 3.8) is 0 Å². The minimum absolute atomic E-state index is 0.274. The van der Waals surface area contributed by atoms with Crippen LogP contribution in [-0.2, 0) is 7.05 Å². The highest BCUT2D eigenvalue weighted by atomic mass is 79.9. The topological polar surface area (TPSA) is 42.7 Å². The molecule has 16 heavy (non-hydrogen) atoms. The van der Waals surface area contributed by atoms with Crippen LogP contribution in [0.4, 0.5) is 0 Å². The molecule has 1 atom stereocenters. The summed E-state index contributed by atoms with van der Waals surface area (Å²) in [4.78, 5) is 0. The molecule has 1 aromatic heterocycles. The molecular formula is C11H21BrN4. The average Bonchev–Trinajstić information content (AvgIpc) is 2.43. The Morgan fingerprint density at radius 1 is 1.44 bits per heavy atom. The molecule has 0 saturated carbocycles. The molecule has 1 aromatic rings. The standard InChI is InChI=1S/C11H21BrN4/c1-6-13-8(7-11(2,3)4)9-10(12)14-15-16(9)5/h8,13H,6-7H2,1-5H3. The zero-order valence-electron chi connectivity index (χ0n) is 10.7. The van der Waals surface area contributed by atoms with E-state index in [9.17, 15) is 0 Å². The first-order valence-corrected chi connectivity index (χ1v) is 6.43. The first kappa shape index (κ1) is 13.6. The number of hydrogen-bond acceptors (Lipinski definition) is 3. The summed E-state index contributed by atoms with van der Waals surface area (Å²) >= 11 is 3.46. The van der Waals surface area contributed by atoms with Gasteiger partial charge in [-0.3, -0.25) is 0 Å². The molecule has 1 heterocycles. The van der Waals surface area contributed by atoms with E-state index < -0.39 is 0 Å². The van der Waals surface area contributed by atoms with Crippen molar-refractivity contribution in [1.82, 2.24) is 20.3 Å². The van der Waals surface area contributed by atoms with Crippen LogP contribution < -0.4 is 5.32 Å². The van der Waals surface area contributed by atoms with Crippen LogP contribution in [0.3, 0.4) is 0 Å². The molecule has 0 bridgehead atoms. The van der Waals surface area contributed by atoms with E-state index >= 15 is 0 Å². The minimum atomic E-state index is 0.274. The highest BCUT2D eigenvalue weighted by Crippen LogP contribution is 2.31. The molecule has 0 amide bonds. The van der Waals surface area contributed by atoms with Gasteiger partial charge < -0.3 is 5.32 Å². The van der Waals surface area contributed by atoms with E-state index in [2.05, 4.69) is 59.3 Å². The highest BCUT2D eigenvalue weighted by Gasteiger charge is 2.24. The van der Waals surface area contributed by atoms with E-state index in [1.54, 1.807) is 0 Å². The number of aryl methyl sites for hydroxylation is 1. The largest absolute Gasteiger partial charge is 0.309 e. The summed E-state index contributed by atoms with van der Waals surface area (Å²) < 4.78 is 2.67. The van der Waals surface area contributed by atoms with Gasteiger partial charge in [0.2, 0.25) is 0 Å². The summed E-state index contributed by atoms with van der Waals surface area (Å²) in [6.45, 7) is 9.80. The summed E-state index contributed by atoms with van der Waals surface area (Å²) in [5.74, 6) is 0. The van der Waals surface area contributed by atoms with E-state index in [4.69, 9.17) is 0 Å². The zero-order chi connectivity index (χ0) is 12.3. The SMILES string of the molecule is CCNC(CC(C)(C)C)c1c(Br)nnn1C. The first-order valence-electron chi connectivity index (χ1n) is 5.63. The van der Waals surface area contributed by atoms with Gasteiger partial charge in [0.1, 0.15) is 0 Å². The summed E-state index contributed by atoms with van der Waals surface area (Å²) in [6, 6.07) is 0.291. The van der Waals surface area contributed by atoms with Gasteiger partial charge in [-0.05, 0) is 34.3 Å². The van der Waals surface area contributed by atoms with Gasteiger partial charge in [-0.15, -0.1) is 5.10 Å². The number of hydrogen-bond donors (Lipinski definition) is 1. The van der Waals surface area contributed by atoms with Crippen LogP contribution in [0.5, 0.6) is 0 Å². The third-order valence-corrected chi connectivity index (χ3v) is 2.99. The summed E-state index contributed by atoms with van der Waals surface area (Å²) in [7, 11) is 1.93. The van der Waals surface area contributed by atoms with Crippen molar-refractivity contribution in [3.05, 3.63) is 10.3 Å². The Kier molecular flexibility index (Phi) is 4.50. The molecular weight excluding hydrogens is 268 g/mol. The van der Waals surface area contributed by atoms with Crippen LogP contribution >= 0.6 is 15.9 Å². The van der Waals surface area contributed by atoms with Crippen LogP contribution in [0.15, 0.2) is 4.60 Å². The molecule has 0 aliphatic heterocycles. The molecule has 0 radical (unpaired) electrons. The first-order chi connectivity index (χ1) is 7.35. The Morgan fingerprint density at radius 2 is 2.06 bits per heavy atom. The van der Waals surface area contributed by atoms with Crippen molar-refractivity contribution in [2.45, 2.75) is 40.2 Å². The second-order valence-electron chi connectivity index (χ2n) is 5.26. The van der Waals surface area contributed by atoms with E-state index in [0.717, 1.165) is 23.3 Å². The zero-order valence-corrected chi connectivity index (χ0v) is 12.3. The van der Waals surface area contributed by atoms with E-state index in [0.29, 0.717) is 6.04 Å². The van der Waals surface area contributed by atoms with Crippen molar-refractivity contribution < 1.29 is 0 Å². The van der Waals surface area contributed by atoms with E-state index in [1.165, 1.54) is 0 Å². The van der Waals surface area contributed by atoms with Gasteiger partial charge in [0.25, 0.3) is 0 Å². The molecule has 4 nitrogen and oxygen atoms in total. The van der Waals surface area contributed by atoms with Crippen LogP contribution in [0.2, 0.25) is 0 Å². The van der Waals surface area contributed by atoms with Crippen LogP contribution in [0.1, 0.15) is 45.9 Å². The third kappa shape index (κ3) is 3.56. The molecule has 0 aliphatic rings. The fraction of sp³-hybridized carbons (Fsp3) is 0.818. The monoisotopic (exact) mass is 288 g/mol. The number of halogens is 1. The van der Waals surface area contributed by atoms with Gasteiger partial charge in [-0.1, -0.05) is 32.9 Å². The van der Waals surface area contributed by atoms with Crippen LogP contribution in [-0.4, -0.2) is 21.5 Å². The molecule has 0 aromatic carbocycles. The Morgan fingerprint density at radius 3 is 2.44 bits per heavy atom. The van der Waals surface area contributed by atoms with Crippen molar-refractivity contribution in [2.75, 3.05) is 6.54 Å². The molecule has 5 heteroatoms. The summed E-state index contributed by atoms with van der Waals surface area (Å²) in [5.41, 5.74) is 1.40. The lowest BCUT2D eigenvalue weighted by Gasteiger charge is -2.26. The smallest absolute Gasteiger partial charge is 0.153 e. The Labute approximate surface area is 106 Å². The predicted molar refractivity (Wildman–Crippen MR) is 69.2 cm³/mol. The third-order valence-electron chi connectivity index (χ3n) is 2.42. The number of aromatic nitrogens is 3. The van der Waals surface area contributed by atoms with Crippen molar-refractivity contribution in [2.24, 2.45) is 12.5 Å². The fourth-order valence-corrected chi connectivity index (χ4v) is 2.44. The van der Waals surface area contributed by atoms with E-state index in [1.807, 2.05) is 11.7 Å². The van der Waals surface area contributed by atoms with Crippen molar-refractivity contribution >= 4 is 15.9 Å². The van der Waals surface area contributed by atoms with Crippen molar-refractivity contribution in [3.8, 4) is 0 Å². The quantitative estimate of drug-likeness (QED) is 0.926. The second-order valence-corrected chi connectivity index (χ2v) is 6.02. The summed E-state index contributed by atoms with van der Waals surface area (Å²) in [6.07, 6.45) is 1.06. The Balaban J connectivity index is 2.93. The molecule has 1 unspecified atom stereocenters. The average molecular weight is 289 g/mol. The molecule has 92 valence electrons. The molecule has 1 N–H and O–H groups in total. The van der Waals surface area contributed by atoms with Gasteiger partial charge in [-0.25, -0.2) is 4.68 Å². The van der Waals surface area contributed by atoms with Crippen LogP contribution in [0.25, 0.3) is 0 Å². The lowest BCUT2D eigenvalue weighted by Crippen LogP contribution is -2.27. The molecule has 0 fully saturated rings. The Bertz CT molecular complexity index is 321. The molecule has 1 rings (SSSR count). The van der Waals surface area contributed by atoms with E-state index in [-0.39, 0.29) is 5.41 Å². The fourth-order valence-electron chi connectivity index (χ4n) is 1.83. The lowest BCUT2D eigenvalue weighted by molar-refractivity contribution is 0.305. The maximum absolute atomic E-state index is 4.04. The van der Waals surface area contributed by atoms with Gasteiger partial charge >= 0.3 is 0 Å². The minimum Gasteiger partial charge on any atom is -0.309 e. The maximum atomic E-state index is 4.04. The maximum Gasteiger partial charge on any atom is 0.153 e. The predicted octanol–water partition coefficient (Wildman–Crippen LogP) is 2.66. The van der Waals surface area contributed by atoms with Gasteiger partial charge in [0.15, 0.2) is 4.60 Å². The second kappa shape index (κ2) is 5.27. The summed E-state index contributed by atoms with van der Waals surface area (Å²) in [5, 5.41) is 11.6. The van der Waals surface area contributed by atoms with Gasteiger partial charge in [-0.2, -0.15) is 0 Å². The number of rotatable bonds is 4. The van der Waals surface area contributed by atoms with Crippen LogP contribution in [0, 0.1) is 5.41 Å². The molecule has 0 spiro atoms.